The maximum Gasteiger partial charge on any atom is 0.242 e. The zero-order valence-corrected chi connectivity index (χ0v) is 21.4. The van der Waals surface area contributed by atoms with Gasteiger partial charge in [-0.3, -0.25) is 9.59 Å². The van der Waals surface area contributed by atoms with Crippen molar-refractivity contribution in [3.05, 3.63) is 24.0 Å². The summed E-state index contributed by atoms with van der Waals surface area (Å²) in [5, 5.41) is 9.87. The molecular weight excluding hydrogens is 430 g/mol. The number of carbonyl (C=O) groups is 2. The molecule has 1 heterocycles. The smallest absolute Gasteiger partial charge is 0.242 e. The molecule has 0 bridgehead atoms. The fourth-order valence-electron chi connectivity index (χ4n) is 4.52. The number of hydrogen-bond donors (Lipinski definition) is 1. The number of ether oxygens (including phenoxy) is 1. The molecule has 1 aromatic carbocycles. The summed E-state index contributed by atoms with van der Waals surface area (Å²) in [6.07, 6.45) is 4.11. The van der Waals surface area contributed by atoms with E-state index in [4.69, 9.17) is 4.74 Å². The van der Waals surface area contributed by atoms with Gasteiger partial charge in [0.15, 0.2) is 5.82 Å². The van der Waals surface area contributed by atoms with Crippen LogP contribution in [0.25, 0.3) is 11.0 Å². The number of aliphatic hydroxyl groups excluding tert-OH is 1. The largest absolute Gasteiger partial charge is 0.497 e. The standard InChI is InChI=1S/C27H41N3O4/c1-18(2)12-14-29(15-13-19(3)4)25(32)17-30-24-16-22(34-5)10-11-23(24)28-27(30)26(33)20-6-8-21(31)9-7-20/h10-11,16,18-21,31H,6-9,12-15,17H2,1-5H3/t20-,21-. The fraction of sp³-hybridized carbons (Fsp3) is 0.667. The summed E-state index contributed by atoms with van der Waals surface area (Å²) in [6.45, 7) is 10.2. The predicted octanol–water partition coefficient (Wildman–Crippen LogP) is 4.70. The van der Waals surface area contributed by atoms with E-state index in [2.05, 4.69) is 32.7 Å². The van der Waals surface area contributed by atoms with Crippen molar-refractivity contribution >= 4 is 22.7 Å². The minimum atomic E-state index is -0.329. The second-order valence-corrected chi connectivity index (χ2v) is 10.5. The number of nitrogens with zero attached hydrogens (tertiary/aromatic N) is 3. The molecule has 0 spiro atoms. The third-order valence-corrected chi connectivity index (χ3v) is 6.84. The van der Waals surface area contributed by atoms with Crippen molar-refractivity contribution in [3.8, 4) is 5.75 Å². The van der Waals surface area contributed by atoms with E-state index >= 15 is 0 Å². The third kappa shape index (κ3) is 6.59. The summed E-state index contributed by atoms with van der Waals surface area (Å²) in [6, 6.07) is 5.51. The van der Waals surface area contributed by atoms with Gasteiger partial charge in [-0.1, -0.05) is 27.7 Å². The van der Waals surface area contributed by atoms with Crippen molar-refractivity contribution < 1.29 is 19.4 Å². The summed E-state index contributed by atoms with van der Waals surface area (Å²) < 4.78 is 7.19. The summed E-state index contributed by atoms with van der Waals surface area (Å²) in [4.78, 5) is 33.7. The van der Waals surface area contributed by atoms with Gasteiger partial charge in [-0.05, 0) is 62.5 Å². The quantitative estimate of drug-likeness (QED) is 0.480. The molecule has 1 aromatic heterocycles. The predicted molar refractivity (Wildman–Crippen MR) is 134 cm³/mol. The Morgan fingerprint density at radius 3 is 2.26 bits per heavy atom. The number of aromatic nitrogens is 2. The molecule has 1 amide bonds. The number of Topliss-reactive ketones (excluding diaryl/α,β-unsaturated/α-hetero) is 1. The van der Waals surface area contributed by atoms with Gasteiger partial charge in [0.05, 0.1) is 24.2 Å². The molecule has 0 unspecified atom stereocenters. The van der Waals surface area contributed by atoms with Gasteiger partial charge in [0.2, 0.25) is 11.7 Å². The van der Waals surface area contributed by atoms with Gasteiger partial charge in [0.25, 0.3) is 0 Å². The first kappa shape index (κ1) is 26.2. The highest BCUT2D eigenvalue weighted by Crippen LogP contribution is 2.29. The lowest BCUT2D eigenvalue weighted by Gasteiger charge is -2.26. The molecule has 1 fully saturated rings. The Bertz CT molecular complexity index is 962. The molecular formula is C27H41N3O4. The van der Waals surface area contributed by atoms with Crippen molar-refractivity contribution in [1.82, 2.24) is 14.5 Å². The van der Waals surface area contributed by atoms with E-state index in [1.54, 1.807) is 11.7 Å². The number of methoxy groups -OCH3 is 1. The SMILES string of the molecule is COc1ccc2nc(C(=O)[C@H]3CC[C@H](O)CC3)n(CC(=O)N(CCC(C)C)CCC(C)C)c2c1. The third-order valence-electron chi connectivity index (χ3n) is 6.84. The van der Waals surface area contributed by atoms with Crippen molar-refractivity contribution in [3.63, 3.8) is 0 Å². The van der Waals surface area contributed by atoms with Gasteiger partial charge in [-0.2, -0.15) is 0 Å². The molecule has 3 rings (SSSR count). The Morgan fingerprint density at radius 1 is 1.09 bits per heavy atom. The molecule has 1 N–H and O–H groups in total. The molecule has 7 heteroatoms. The lowest BCUT2D eigenvalue weighted by molar-refractivity contribution is -0.132. The lowest BCUT2D eigenvalue weighted by Crippen LogP contribution is -2.37. The fourth-order valence-corrected chi connectivity index (χ4v) is 4.52. The van der Waals surface area contributed by atoms with E-state index < -0.39 is 0 Å². The van der Waals surface area contributed by atoms with Crippen molar-refractivity contribution in [1.29, 1.82) is 0 Å². The van der Waals surface area contributed by atoms with E-state index in [9.17, 15) is 14.7 Å². The van der Waals surface area contributed by atoms with Gasteiger partial charge in [-0.25, -0.2) is 4.98 Å². The lowest BCUT2D eigenvalue weighted by atomic mass is 9.84. The van der Waals surface area contributed by atoms with E-state index in [0.29, 0.717) is 67.7 Å². The number of hydrogen-bond acceptors (Lipinski definition) is 5. The van der Waals surface area contributed by atoms with Crippen LogP contribution in [-0.4, -0.2) is 57.6 Å². The normalized spacial score (nSPS) is 18.6. The number of benzene rings is 1. The molecule has 2 aromatic rings. The molecule has 1 aliphatic rings. The van der Waals surface area contributed by atoms with Crippen LogP contribution in [0.2, 0.25) is 0 Å². The highest BCUT2D eigenvalue weighted by molar-refractivity contribution is 5.99. The summed E-state index contributed by atoms with van der Waals surface area (Å²) >= 11 is 0. The highest BCUT2D eigenvalue weighted by Gasteiger charge is 2.30. The van der Waals surface area contributed by atoms with Gasteiger partial charge in [-0.15, -0.1) is 0 Å². The molecule has 0 atom stereocenters. The van der Waals surface area contributed by atoms with Crippen LogP contribution in [0.15, 0.2) is 18.2 Å². The summed E-state index contributed by atoms with van der Waals surface area (Å²) in [7, 11) is 1.60. The first-order valence-electron chi connectivity index (χ1n) is 12.7. The minimum Gasteiger partial charge on any atom is -0.497 e. The monoisotopic (exact) mass is 471 g/mol. The number of imidazole rings is 1. The summed E-state index contributed by atoms with van der Waals surface area (Å²) in [5.41, 5.74) is 1.42. The Balaban J connectivity index is 1.93. The summed E-state index contributed by atoms with van der Waals surface area (Å²) in [5.74, 6) is 1.82. The van der Waals surface area contributed by atoms with E-state index in [-0.39, 0.29) is 30.3 Å². The molecule has 0 aliphatic heterocycles. The molecule has 0 saturated heterocycles. The van der Waals surface area contributed by atoms with Crippen LogP contribution in [0, 0.1) is 17.8 Å². The second kappa shape index (κ2) is 11.8. The van der Waals surface area contributed by atoms with Crippen LogP contribution in [0.5, 0.6) is 5.75 Å². The van der Waals surface area contributed by atoms with Crippen molar-refractivity contribution in [2.75, 3.05) is 20.2 Å². The Hall–Kier alpha value is -2.41. The van der Waals surface area contributed by atoms with Crippen molar-refractivity contribution in [2.24, 2.45) is 17.8 Å². The van der Waals surface area contributed by atoms with Gasteiger partial charge < -0.3 is 19.3 Å². The van der Waals surface area contributed by atoms with Crippen molar-refractivity contribution in [2.45, 2.75) is 78.9 Å². The highest BCUT2D eigenvalue weighted by atomic mass is 16.5. The second-order valence-electron chi connectivity index (χ2n) is 10.5. The average Bonchev–Trinajstić information content (AvgIpc) is 3.16. The number of ketones is 1. The van der Waals surface area contributed by atoms with Crippen LogP contribution in [-0.2, 0) is 11.3 Å². The average molecular weight is 472 g/mol. The molecule has 0 radical (unpaired) electrons. The Labute approximate surface area is 203 Å². The van der Waals surface area contributed by atoms with Gasteiger partial charge in [0, 0.05) is 25.1 Å². The van der Waals surface area contributed by atoms with E-state index in [1.807, 2.05) is 23.1 Å². The molecule has 7 nitrogen and oxygen atoms in total. The topological polar surface area (TPSA) is 84.7 Å². The number of amides is 1. The molecule has 1 aliphatic carbocycles. The van der Waals surface area contributed by atoms with Crippen LogP contribution in [0.3, 0.4) is 0 Å². The first-order chi connectivity index (χ1) is 16.2. The zero-order valence-electron chi connectivity index (χ0n) is 21.4. The maximum absolute atomic E-state index is 13.5. The molecule has 188 valence electrons. The van der Waals surface area contributed by atoms with Crippen LogP contribution in [0.1, 0.15) is 76.8 Å². The first-order valence-corrected chi connectivity index (χ1v) is 12.7. The van der Waals surface area contributed by atoms with Gasteiger partial charge >= 0.3 is 0 Å². The Morgan fingerprint density at radius 2 is 1.71 bits per heavy atom. The Kier molecular flexibility index (Phi) is 9.11. The van der Waals surface area contributed by atoms with Crippen LogP contribution >= 0.6 is 0 Å². The zero-order chi connectivity index (χ0) is 24.8. The van der Waals surface area contributed by atoms with Gasteiger partial charge in [0.1, 0.15) is 12.3 Å². The molecule has 1 saturated carbocycles. The molecule has 34 heavy (non-hydrogen) atoms. The van der Waals surface area contributed by atoms with E-state index in [0.717, 1.165) is 18.4 Å². The van der Waals surface area contributed by atoms with Crippen LogP contribution < -0.4 is 4.74 Å². The maximum atomic E-state index is 13.5. The van der Waals surface area contributed by atoms with E-state index in [1.165, 1.54) is 0 Å². The number of carbonyl (C=O) groups excluding carboxylic acids is 2. The van der Waals surface area contributed by atoms with Crippen LogP contribution in [0.4, 0.5) is 0 Å². The number of fused-ring (bicyclic) bond motifs is 1. The number of rotatable bonds is 11. The number of aliphatic hydroxyl groups is 1. The minimum absolute atomic E-state index is 0.0107.